The fourth-order valence-electron chi connectivity index (χ4n) is 2.68. The van der Waals surface area contributed by atoms with E-state index in [0.29, 0.717) is 6.42 Å². The second-order valence-electron chi connectivity index (χ2n) is 6.32. The second-order valence-corrected chi connectivity index (χ2v) is 8.51. The van der Waals surface area contributed by atoms with Crippen LogP contribution >= 0.6 is 0 Å². The number of ether oxygens (including phenoxy) is 1. The van der Waals surface area contributed by atoms with Gasteiger partial charge in [-0.15, -0.1) is 0 Å². The van der Waals surface area contributed by atoms with E-state index < -0.39 is 33.6 Å². The van der Waals surface area contributed by atoms with Gasteiger partial charge in [0.25, 0.3) is 0 Å². The Labute approximate surface area is 123 Å². The van der Waals surface area contributed by atoms with Gasteiger partial charge >= 0.3 is 12.0 Å². The van der Waals surface area contributed by atoms with Gasteiger partial charge in [0.2, 0.25) is 0 Å². The number of nitrogens with zero attached hydrogens (tertiary/aromatic N) is 1. The van der Waals surface area contributed by atoms with Crippen LogP contribution in [-0.4, -0.2) is 72.8 Å². The number of hydrogen-bond acceptors (Lipinski definition) is 5. The molecule has 2 N–H and O–H groups in total. The van der Waals surface area contributed by atoms with Crippen LogP contribution in [-0.2, 0) is 19.4 Å². The van der Waals surface area contributed by atoms with Gasteiger partial charge in [0.1, 0.15) is 12.2 Å². The molecule has 1 atom stereocenters. The summed E-state index contributed by atoms with van der Waals surface area (Å²) in [6.07, 6.45) is 0.404. The largest absolute Gasteiger partial charge is 0.480 e. The van der Waals surface area contributed by atoms with Gasteiger partial charge in [-0.3, -0.25) is 0 Å². The minimum atomic E-state index is -3.08. The molecule has 1 unspecified atom stereocenters. The SMILES string of the molecule is CC1(NC(=O)N2CC(C)(OCC(=O)O)C2)CCS(=O)(=O)C1. The average molecular weight is 320 g/mol. The summed E-state index contributed by atoms with van der Waals surface area (Å²) >= 11 is 0. The van der Waals surface area contributed by atoms with Crippen molar-refractivity contribution in [3.05, 3.63) is 0 Å². The monoisotopic (exact) mass is 320 g/mol. The third-order valence-corrected chi connectivity index (χ3v) is 5.70. The number of sulfone groups is 1. The van der Waals surface area contributed by atoms with E-state index in [4.69, 9.17) is 9.84 Å². The highest BCUT2D eigenvalue weighted by Crippen LogP contribution is 2.27. The Kier molecular flexibility index (Phi) is 3.92. The third kappa shape index (κ3) is 3.85. The molecule has 2 saturated heterocycles. The highest BCUT2D eigenvalue weighted by Gasteiger charge is 2.46. The van der Waals surface area contributed by atoms with Crippen molar-refractivity contribution in [2.24, 2.45) is 0 Å². The lowest BCUT2D eigenvalue weighted by Gasteiger charge is -2.47. The van der Waals surface area contributed by atoms with Crippen molar-refractivity contribution in [3.8, 4) is 0 Å². The third-order valence-electron chi connectivity index (χ3n) is 3.79. The first-order valence-electron chi connectivity index (χ1n) is 6.66. The minimum absolute atomic E-state index is 0.0492. The normalized spacial score (nSPS) is 29.7. The van der Waals surface area contributed by atoms with Crippen LogP contribution in [0.4, 0.5) is 4.79 Å². The van der Waals surface area contributed by atoms with Gasteiger partial charge in [0.05, 0.1) is 30.1 Å². The zero-order valence-electron chi connectivity index (χ0n) is 12.1. The predicted octanol–water partition coefficient (Wildman–Crippen LogP) is -0.551. The molecule has 0 aromatic carbocycles. The highest BCUT2D eigenvalue weighted by atomic mass is 32.2. The van der Waals surface area contributed by atoms with E-state index >= 15 is 0 Å². The van der Waals surface area contributed by atoms with Crippen LogP contribution in [0, 0.1) is 0 Å². The van der Waals surface area contributed by atoms with Gasteiger partial charge in [0, 0.05) is 0 Å². The van der Waals surface area contributed by atoms with Gasteiger partial charge in [-0.05, 0) is 20.3 Å². The molecule has 0 bridgehead atoms. The molecule has 0 spiro atoms. The van der Waals surface area contributed by atoms with Crippen LogP contribution in [0.3, 0.4) is 0 Å². The van der Waals surface area contributed by atoms with E-state index in [1.165, 1.54) is 4.90 Å². The molecule has 2 rings (SSSR count). The van der Waals surface area contributed by atoms with Crippen molar-refractivity contribution in [1.82, 2.24) is 10.2 Å². The Bertz CT molecular complexity index is 554. The second kappa shape index (κ2) is 5.13. The van der Waals surface area contributed by atoms with Gasteiger partial charge < -0.3 is 20.1 Å². The van der Waals surface area contributed by atoms with Gasteiger partial charge in [-0.2, -0.15) is 0 Å². The topological polar surface area (TPSA) is 113 Å². The van der Waals surface area contributed by atoms with Crippen molar-refractivity contribution in [2.75, 3.05) is 31.2 Å². The molecule has 120 valence electrons. The van der Waals surface area contributed by atoms with Crippen LogP contribution in [0.2, 0.25) is 0 Å². The summed E-state index contributed by atoms with van der Waals surface area (Å²) in [4.78, 5) is 24.0. The number of rotatable bonds is 4. The van der Waals surface area contributed by atoms with Crippen molar-refractivity contribution < 1.29 is 27.9 Å². The number of hydrogen-bond donors (Lipinski definition) is 2. The predicted molar refractivity (Wildman–Crippen MR) is 73.8 cm³/mol. The van der Waals surface area contributed by atoms with E-state index in [9.17, 15) is 18.0 Å². The molecular weight excluding hydrogens is 300 g/mol. The van der Waals surface area contributed by atoms with E-state index in [0.717, 1.165) is 0 Å². The summed E-state index contributed by atoms with van der Waals surface area (Å²) < 4.78 is 28.2. The molecule has 8 nitrogen and oxygen atoms in total. The van der Waals surface area contributed by atoms with Crippen molar-refractivity contribution in [1.29, 1.82) is 0 Å². The Balaban J connectivity index is 1.83. The van der Waals surface area contributed by atoms with Crippen molar-refractivity contribution in [2.45, 2.75) is 31.4 Å². The van der Waals surface area contributed by atoms with Crippen LogP contribution in [0.25, 0.3) is 0 Å². The molecular formula is C12H20N2O6S. The van der Waals surface area contributed by atoms with E-state index in [1.54, 1.807) is 13.8 Å². The van der Waals surface area contributed by atoms with Crippen LogP contribution in [0.15, 0.2) is 0 Å². The summed E-state index contributed by atoms with van der Waals surface area (Å²) in [7, 11) is -3.08. The lowest BCUT2D eigenvalue weighted by molar-refractivity contribution is -0.159. The number of carboxylic acid groups (broad SMARTS) is 1. The van der Waals surface area contributed by atoms with Gasteiger partial charge in [0.15, 0.2) is 9.84 Å². The number of amides is 2. The minimum Gasteiger partial charge on any atom is -0.480 e. The first kappa shape index (κ1) is 16.0. The lowest BCUT2D eigenvalue weighted by Crippen LogP contribution is -2.67. The maximum absolute atomic E-state index is 12.1. The number of carbonyl (C=O) groups excluding carboxylic acids is 1. The van der Waals surface area contributed by atoms with Crippen molar-refractivity contribution >= 4 is 21.8 Å². The molecule has 0 saturated carbocycles. The average Bonchev–Trinajstić information content (AvgIpc) is 2.56. The quantitative estimate of drug-likeness (QED) is 0.718. The van der Waals surface area contributed by atoms with Crippen LogP contribution in [0.1, 0.15) is 20.3 Å². The Morgan fingerprint density at radius 2 is 1.95 bits per heavy atom. The molecule has 2 heterocycles. The first-order valence-corrected chi connectivity index (χ1v) is 8.48. The standard InChI is InChI=1S/C12H20N2O6S/c1-11(3-4-21(18,19)8-11)13-10(17)14-6-12(2,7-14)20-5-9(15)16/h3-8H2,1-2H3,(H,13,17)(H,15,16). The van der Waals surface area contributed by atoms with Gasteiger partial charge in [-0.1, -0.05) is 0 Å². The van der Waals surface area contributed by atoms with Crippen LogP contribution < -0.4 is 5.32 Å². The molecule has 2 fully saturated rings. The zero-order chi connectivity index (χ0) is 15.9. The molecule has 0 aromatic heterocycles. The fraction of sp³-hybridized carbons (Fsp3) is 0.833. The van der Waals surface area contributed by atoms with E-state index in [-0.39, 0.29) is 30.6 Å². The molecule has 2 amide bonds. The summed E-state index contributed by atoms with van der Waals surface area (Å²) in [6, 6.07) is -0.342. The number of aliphatic carboxylic acids is 1. The lowest BCUT2D eigenvalue weighted by atomic mass is 9.96. The smallest absolute Gasteiger partial charge is 0.329 e. The summed E-state index contributed by atoms with van der Waals surface area (Å²) in [5.41, 5.74) is -1.39. The number of carboxylic acids is 1. The van der Waals surface area contributed by atoms with E-state index in [1.807, 2.05) is 0 Å². The Hall–Kier alpha value is -1.35. The highest BCUT2D eigenvalue weighted by molar-refractivity contribution is 7.91. The molecule has 0 aliphatic carbocycles. The maximum Gasteiger partial charge on any atom is 0.329 e. The summed E-state index contributed by atoms with van der Waals surface area (Å²) in [5.74, 6) is -1.02. The zero-order valence-corrected chi connectivity index (χ0v) is 12.9. The molecule has 2 aliphatic heterocycles. The molecule has 21 heavy (non-hydrogen) atoms. The number of urea groups is 1. The number of carbonyl (C=O) groups is 2. The van der Waals surface area contributed by atoms with Gasteiger partial charge in [-0.25, -0.2) is 18.0 Å². The first-order chi connectivity index (χ1) is 9.53. The summed E-state index contributed by atoms with van der Waals surface area (Å²) in [5, 5.41) is 11.3. The molecule has 2 aliphatic rings. The molecule has 9 heteroatoms. The fourth-order valence-corrected chi connectivity index (χ4v) is 4.77. The molecule has 0 aromatic rings. The number of likely N-dealkylation sites (tertiary alicyclic amines) is 1. The Morgan fingerprint density at radius 3 is 2.43 bits per heavy atom. The number of nitrogens with one attached hydrogen (secondary N) is 1. The van der Waals surface area contributed by atoms with Crippen molar-refractivity contribution in [3.63, 3.8) is 0 Å². The maximum atomic E-state index is 12.1. The Morgan fingerprint density at radius 1 is 1.33 bits per heavy atom. The van der Waals surface area contributed by atoms with E-state index in [2.05, 4.69) is 5.32 Å². The molecule has 0 radical (unpaired) electrons. The van der Waals surface area contributed by atoms with Crippen LogP contribution in [0.5, 0.6) is 0 Å². The summed E-state index contributed by atoms with van der Waals surface area (Å²) in [6.45, 7) is 3.63.